The Morgan fingerprint density at radius 2 is 2.24 bits per heavy atom. The maximum atomic E-state index is 11.8. The van der Waals surface area contributed by atoms with E-state index in [0.717, 1.165) is 12.2 Å². The van der Waals surface area contributed by atoms with E-state index < -0.39 is 0 Å². The number of rotatable bonds is 4. The first-order chi connectivity index (χ1) is 8.17. The van der Waals surface area contributed by atoms with Gasteiger partial charge in [0.2, 0.25) is 0 Å². The van der Waals surface area contributed by atoms with Crippen LogP contribution in [-0.4, -0.2) is 25.5 Å². The van der Waals surface area contributed by atoms with Gasteiger partial charge in [0.05, 0.1) is 11.3 Å². The molecule has 17 heavy (non-hydrogen) atoms. The van der Waals surface area contributed by atoms with Crippen LogP contribution >= 0.6 is 0 Å². The fourth-order valence-electron chi connectivity index (χ4n) is 2.12. The highest BCUT2D eigenvalue weighted by Crippen LogP contribution is 2.34. The molecule has 0 aliphatic heterocycles. The topological polar surface area (TPSA) is 58.4 Å². The van der Waals surface area contributed by atoms with Gasteiger partial charge in [-0.1, -0.05) is 0 Å². The summed E-state index contributed by atoms with van der Waals surface area (Å²) in [5, 5.41) is 2.67. The molecule has 0 radical (unpaired) electrons. The molecule has 4 heteroatoms. The van der Waals surface area contributed by atoms with Gasteiger partial charge in [0.25, 0.3) is 5.91 Å². The van der Waals surface area contributed by atoms with E-state index in [0.29, 0.717) is 17.3 Å². The number of nitrogens with one attached hydrogen (secondary N) is 1. The van der Waals surface area contributed by atoms with Crippen LogP contribution in [0.3, 0.4) is 0 Å². The average molecular weight is 233 g/mol. The van der Waals surface area contributed by atoms with Crippen LogP contribution < -0.4 is 16.0 Å². The van der Waals surface area contributed by atoms with Crippen LogP contribution in [-0.2, 0) is 0 Å². The number of amides is 1. The van der Waals surface area contributed by atoms with Gasteiger partial charge in [0, 0.05) is 25.3 Å². The van der Waals surface area contributed by atoms with Gasteiger partial charge in [-0.25, -0.2) is 0 Å². The first kappa shape index (κ1) is 11.8. The molecule has 3 N–H and O–H groups in total. The van der Waals surface area contributed by atoms with Crippen molar-refractivity contribution >= 4 is 17.3 Å². The van der Waals surface area contributed by atoms with E-state index in [9.17, 15) is 4.79 Å². The van der Waals surface area contributed by atoms with Crippen LogP contribution in [0.25, 0.3) is 0 Å². The van der Waals surface area contributed by atoms with Crippen molar-refractivity contribution in [2.24, 2.45) is 0 Å². The number of nitrogens with zero attached hydrogens (tertiary/aromatic N) is 1. The van der Waals surface area contributed by atoms with Gasteiger partial charge in [-0.15, -0.1) is 0 Å². The molecular formula is C13H19N3O. The van der Waals surface area contributed by atoms with Crippen LogP contribution in [0.4, 0.5) is 11.4 Å². The van der Waals surface area contributed by atoms with Gasteiger partial charge in [-0.2, -0.15) is 0 Å². The molecular weight excluding hydrogens is 214 g/mol. The molecule has 1 amide bonds. The highest BCUT2D eigenvalue weighted by atomic mass is 16.1. The monoisotopic (exact) mass is 233 g/mol. The highest BCUT2D eigenvalue weighted by Gasteiger charge is 2.30. The van der Waals surface area contributed by atoms with Crippen molar-refractivity contribution < 1.29 is 4.79 Å². The summed E-state index contributed by atoms with van der Waals surface area (Å²) in [6, 6.07) is 6.04. The van der Waals surface area contributed by atoms with Crippen LogP contribution in [0.2, 0.25) is 0 Å². The van der Waals surface area contributed by atoms with Gasteiger partial charge in [-0.3, -0.25) is 4.79 Å². The fourth-order valence-corrected chi connectivity index (χ4v) is 2.12. The second kappa shape index (κ2) is 4.65. The summed E-state index contributed by atoms with van der Waals surface area (Å²) in [5.74, 6) is -0.0564. The summed E-state index contributed by atoms with van der Waals surface area (Å²) in [6.45, 7) is 3.01. The third kappa shape index (κ3) is 2.35. The van der Waals surface area contributed by atoms with Crippen molar-refractivity contribution in [2.75, 3.05) is 24.2 Å². The Hall–Kier alpha value is -1.71. The van der Waals surface area contributed by atoms with E-state index in [2.05, 4.69) is 17.1 Å². The lowest BCUT2D eigenvalue weighted by molar-refractivity contribution is 0.0963. The molecule has 0 heterocycles. The van der Waals surface area contributed by atoms with Crippen molar-refractivity contribution in [1.29, 1.82) is 0 Å². The first-order valence-corrected chi connectivity index (χ1v) is 6.05. The van der Waals surface area contributed by atoms with Crippen molar-refractivity contribution in [2.45, 2.75) is 25.8 Å². The Labute approximate surface area is 102 Å². The number of benzene rings is 1. The van der Waals surface area contributed by atoms with Gasteiger partial charge in [0.1, 0.15) is 0 Å². The highest BCUT2D eigenvalue weighted by molar-refractivity contribution is 6.00. The van der Waals surface area contributed by atoms with Crippen molar-refractivity contribution in [3.05, 3.63) is 23.8 Å². The maximum absolute atomic E-state index is 11.8. The number of nitrogens with two attached hydrogens (primary N) is 1. The molecule has 1 saturated carbocycles. The second-order valence-electron chi connectivity index (χ2n) is 4.37. The molecule has 4 nitrogen and oxygen atoms in total. The SMILES string of the molecule is CCN(c1cc(N)ccc1C(=O)NC)C1CC1. The quantitative estimate of drug-likeness (QED) is 0.777. The standard InChI is InChI=1S/C13H19N3O/c1-3-16(10-5-6-10)12-8-9(14)4-7-11(12)13(17)15-2/h4,7-8,10H,3,5-6,14H2,1-2H3,(H,15,17). The van der Waals surface area contributed by atoms with Crippen LogP contribution in [0.15, 0.2) is 18.2 Å². The lowest BCUT2D eigenvalue weighted by Crippen LogP contribution is -2.29. The molecule has 0 aromatic heterocycles. The predicted molar refractivity (Wildman–Crippen MR) is 70.3 cm³/mol. The van der Waals surface area contributed by atoms with Gasteiger partial charge in [0.15, 0.2) is 0 Å². The molecule has 0 saturated heterocycles. The van der Waals surface area contributed by atoms with Gasteiger partial charge >= 0.3 is 0 Å². The normalized spacial score (nSPS) is 14.5. The van der Waals surface area contributed by atoms with Crippen molar-refractivity contribution in [3.63, 3.8) is 0 Å². The van der Waals surface area contributed by atoms with E-state index in [-0.39, 0.29) is 5.91 Å². The number of hydrogen-bond donors (Lipinski definition) is 2. The molecule has 1 fully saturated rings. The molecule has 0 unspecified atom stereocenters. The summed E-state index contributed by atoms with van der Waals surface area (Å²) in [7, 11) is 1.65. The lowest BCUT2D eigenvalue weighted by Gasteiger charge is -2.25. The summed E-state index contributed by atoms with van der Waals surface area (Å²) in [5.41, 5.74) is 8.18. The van der Waals surface area contributed by atoms with Gasteiger partial charge in [-0.05, 0) is 38.0 Å². The molecule has 0 atom stereocenters. The number of hydrogen-bond acceptors (Lipinski definition) is 3. The number of anilines is 2. The largest absolute Gasteiger partial charge is 0.399 e. The van der Waals surface area contributed by atoms with Gasteiger partial charge < -0.3 is 16.0 Å². The molecule has 1 aromatic rings. The zero-order valence-electron chi connectivity index (χ0n) is 10.4. The Balaban J connectivity index is 2.41. The van der Waals surface area contributed by atoms with E-state index in [1.165, 1.54) is 12.8 Å². The maximum Gasteiger partial charge on any atom is 0.253 e. The summed E-state index contributed by atoms with van der Waals surface area (Å²) in [4.78, 5) is 14.1. The van der Waals surface area contributed by atoms with E-state index in [4.69, 9.17) is 5.73 Å². The Bertz CT molecular complexity index is 427. The van der Waals surface area contributed by atoms with Crippen LogP contribution in [0.5, 0.6) is 0 Å². The molecule has 1 aliphatic carbocycles. The minimum absolute atomic E-state index is 0.0564. The van der Waals surface area contributed by atoms with E-state index in [1.54, 1.807) is 19.2 Å². The van der Waals surface area contributed by atoms with Crippen molar-refractivity contribution in [3.8, 4) is 0 Å². The minimum Gasteiger partial charge on any atom is -0.399 e. The zero-order chi connectivity index (χ0) is 12.4. The molecule has 2 rings (SSSR count). The summed E-state index contributed by atoms with van der Waals surface area (Å²) >= 11 is 0. The predicted octanol–water partition coefficient (Wildman–Crippen LogP) is 1.62. The third-order valence-corrected chi connectivity index (χ3v) is 3.13. The zero-order valence-corrected chi connectivity index (χ0v) is 10.4. The molecule has 0 bridgehead atoms. The third-order valence-electron chi connectivity index (χ3n) is 3.13. The first-order valence-electron chi connectivity index (χ1n) is 6.05. The Morgan fingerprint density at radius 3 is 2.76 bits per heavy atom. The fraction of sp³-hybridized carbons (Fsp3) is 0.462. The summed E-state index contributed by atoms with van der Waals surface area (Å²) in [6.07, 6.45) is 2.41. The lowest BCUT2D eigenvalue weighted by atomic mass is 10.1. The number of carbonyl (C=O) groups is 1. The Kier molecular flexibility index (Phi) is 3.22. The second-order valence-corrected chi connectivity index (χ2v) is 4.37. The van der Waals surface area contributed by atoms with E-state index >= 15 is 0 Å². The molecule has 1 aromatic carbocycles. The average Bonchev–Trinajstić information content (AvgIpc) is 3.14. The number of carbonyl (C=O) groups excluding carboxylic acids is 1. The minimum atomic E-state index is -0.0564. The smallest absolute Gasteiger partial charge is 0.253 e. The summed E-state index contributed by atoms with van der Waals surface area (Å²) < 4.78 is 0. The molecule has 1 aliphatic rings. The van der Waals surface area contributed by atoms with E-state index in [1.807, 2.05) is 6.07 Å². The van der Waals surface area contributed by atoms with Crippen LogP contribution in [0, 0.1) is 0 Å². The molecule has 92 valence electrons. The Morgan fingerprint density at radius 1 is 1.53 bits per heavy atom. The van der Waals surface area contributed by atoms with Crippen LogP contribution in [0.1, 0.15) is 30.1 Å². The number of nitrogen functional groups attached to an aromatic ring is 1. The molecule has 0 spiro atoms. The van der Waals surface area contributed by atoms with Crippen molar-refractivity contribution in [1.82, 2.24) is 5.32 Å².